The minimum atomic E-state index is -2.91. The van der Waals surface area contributed by atoms with E-state index in [1.165, 1.54) is 0 Å². The molecule has 0 amide bonds. The van der Waals surface area contributed by atoms with Gasteiger partial charge < -0.3 is 98.8 Å². The predicted molar refractivity (Wildman–Crippen MR) is 490 cm³/mol. The highest BCUT2D eigenvalue weighted by Gasteiger charge is 2.56. The first kappa shape index (κ1) is 110. The van der Waals surface area contributed by atoms with Gasteiger partial charge >= 0.3 is 205 Å². The molecule has 0 aromatic rings. The molecule has 0 spiro atoms. The van der Waals surface area contributed by atoms with Crippen molar-refractivity contribution in [2.75, 3.05) is 0 Å². The molecule has 0 aromatic carbocycles. The van der Waals surface area contributed by atoms with Crippen molar-refractivity contribution in [1.29, 1.82) is 0 Å². The molecule has 105 heavy (non-hydrogen) atoms. The van der Waals surface area contributed by atoms with Crippen LogP contribution in [0.2, 0.25) is 347 Å². The summed E-state index contributed by atoms with van der Waals surface area (Å²) in [6.07, 6.45) is 0. The summed E-state index contributed by atoms with van der Waals surface area (Å²) in [6.45, 7) is 109. The highest BCUT2D eigenvalue weighted by atomic mass is 28.6. The molecule has 0 unspecified atom stereocenters. The Morgan fingerprint density at radius 2 is 0.200 bits per heavy atom. The largest absolute Gasteiger partial charge is 0.440 e. The maximum absolute atomic E-state index is 7.00. The van der Waals surface area contributed by atoms with E-state index in [0.29, 0.717) is 0 Å². The predicted octanol–water partition coefficient (Wildman–Crippen LogP) is 19.0. The van der Waals surface area contributed by atoms with Gasteiger partial charge in [-0.1, -0.05) is 0 Å². The molecule has 0 N–H and O–H groups in total. The van der Waals surface area contributed by atoms with Gasteiger partial charge in [0.2, 0.25) is 8.32 Å². The fraction of sp³-hybridized carbons (Fsp3) is 1.00. The second-order valence-corrected chi connectivity index (χ2v) is 133. The molecule has 0 aliphatic heterocycles. The summed E-state index contributed by atoms with van der Waals surface area (Å²) in [5.74, 6) is 0. The van der Waals surface area contributed by atoms with Crippen LogP contribution in [0, 0.1) is 0 Å². The maximum Gasteiger partial charge on any atom is 0.358 e. The Hall–Kier alpha value is 4.60. The molecular formula is C53H160O26Si26. The first-order chi connectivity index (χ1) is 44.9. The number of hydrogen-bond acceptors (Lipinski definition) is 26. The quantitative estimate of drug-likeness (QED) is 0.0312. The zero-order valence-electron chi connectivity index (χ0n) is 76.7. The average molecular weight is 1940 g/mol. The summed E-state index contributed by atoms with van der Waals surface area (Å²) < 4.78 is 177. The second kappa shape index (κ2) is 37.3. The van der Waals surface area contributed by atoms with Gasteiger partial charge in [0, 0.05) is 0 Å². The van der Waals surface area contributed by atoms with Crippen molar-refractivity contribution in [2.24, 2.45) is 0 Å². The molecule has 0 saturated heterocycles. The molecule has 632 valence electrons. The molecule has 0 bridgehead atoms. The van der Waals surface area contributed by atoms with Crippen LogP contribution in [0.3, 0.4) is 0 Å². The Bertz CT molecular complexity index is 2730. The van der Waals surface area contributed by atoms with Crippen LogP contribution in [0.25, 0.3) is 0 Å². The van der Waals surface area contributed by atoms with Crippen LogP contribution < -0.4 is 0 Å². The Kier molecular flexibility index (Phi) is 38.9. The lowest BCUT2D eigenvalue weighted by atomic mass is 11.8. The van der Waals surface area contributed by atoms with E-state index >= 15 is 0 Å². The summed E-state index contributed by atoms with van der Waals surface area (Å²) in [6, 6.07) is 0. The zero-order valence-corrected chi connectivity index (χ0v) is 103. The highest BCUT2D eigenvalue weighted by Crippen LogP contribution is 2.37. The van der Waals surface area contributed by atoms with Crippen molar-refractivity contribution in [1.82, 2.24) is 0 Å². The Labute approximate surface area is 671 Å². The molecule has 0 aromatic heterocycles. The lowest BCUT2D eigenvalue weighted by molar-refractivity contribution is -0.138. The fourth-order valence-electron chi connectivity index (χ4n) is 14.9. The SMILES string of the molecule is C[SiH](C)O[Si](C)(C)O[Si](C)(C)O[Si](C)(C)O[Si](C)(C)O[Si](C)(C)O[Si](C)(C)O[Si](C)(C)O[Si](C)(C)O[Si](C)(C)O[Si](C)(C)O[Si](C)(C)O[Si](C)(C)O[Si](C)(C)O[Si](C)(C)O[Si](C)(C)O[Si](C)(C)O[Si](C)(C)O[Si](C)(C)O[Si](C)(C)O[Si](C)(C)O[Si](C)(C)O[Si](C)(C)O[Si](C)(C)O[Si](C)(C)OO[Si](C)(C)C. The van der Waals surface area contributed by atoms with E-state index in [4.69, 9.17) is 108 Å². The standard InChI is InChI=1S/C53H160O26Si26/c1-80(2)56-83(8,9)58-85(12,13)60-87(16,17)62-89(20,21)64-91(24,25)66-93(28,29)68-95(32,33)70-97(36,37)72-99(40,41)74-101(44,45)76-103(48,49)78-105(52,53)79-104(50,51)77-102(46,47)75-100(42,43)73-98(38,39)71-96(34,35)69-94(30,31)67-92(26,27)65-90(22,23)63-88(18,19)61-86(14,15)59-84(10,11)57-82(6,7)55-54-81(3,4)5/h80H,1-53H3. The van der Waals surface area contributed by atoms with Gasteiger partial charge in [-0.15, -0.1) is 0 Å². The van der Waals surface area contributed by atoms with Gasteiger partial charge in [0.05, 0.1) is 0 Å². The summed E-state index contributed by atoms with van der Waals surface area (Å²) in [5, 5.41) is 0. The Morgan fingerprint density at radius 1 is 0.114 bits per heavy atom. The Morgan fingerprint density at radius 3 is 0.286 bits per heavy atom. The van der Waals surface area contributed by atoms with E-state index in [1.54, 1.807) is 0 Å². The molecular weight excluding hydrogens is 1780 g/mol. The van der Waals surface area contributed by atoms with Crippen LogP contribution in [0.15, 0.2) is 0 Å². The van der Waals surface area contributed by atoms with Gasteiger partial charge in [-0.2, -0.15) is 0 Å². The first-order valence-electron chi connectivity index (χ1n) is 37.1. The average Bonchev–Trinajstić information content (AvgIpc) is 0.807. The molecule has 0 aliphatic carbocycles. The van der Waals surface area contributed by atoms with Crippen LogP contribution in [0.5, 0.6) is 0 Å². The van der Waals surface area contributed by atoms with E-state index in [2.05, 4.69) is 282 Å². The van der Waals surface area contributed by atoms with E-state index < -0.39 is 223 Å². The van der Waals surface area contributed by atoms with Crippen LogP contribution in [-0.4, -0.2) is 223 Å². The van der Waals surface area contributed by atoms with Gasteiger partial charge in [0.15, 0.2) is 9.04 Å². The van der Waals surface area contributed by atoms with Crippen LogP contribution in [-0.2, 0) is 108 Å². The van der Waals surface area contributed by atoms with Crippen molar-refractivity contribution in [3.05, 3.63) is 0 Å². The minimum absolute atomic E-state index is 1.28. The molecule has 0 saturated carbocycles. The smallest absolute Gasteiger partial charge is 0.358 e. The van der Waals surface area contributed by atoms with E-state index in [0.717, 1.165) is 0 Å². The molecule has 0 rings (SSSR count). The third-order valence-electron chi connectivity index (χ3n) is 12.3. The molecule has 0 heterocycles. The summed E-state index contributed by atoms with van der Waals surface area (Å²) in [7, 11) is -70.7. The molecule has 0 fully saturated rings. The minimum Gasteiger partial charge on any atom is -0.440 e. The van der Waals surface area contributed by atoms with Crippen molar-refractivity contribution in [3.8, 4) is 0 Å². The molecule has 0 aliphatic rings. The van der Waals surface area contributed by atoms with Crippen LogP contribution in [0.4, 0.5) is 0 Å². The normalized spacial score (nSPS) is 16.2. The van der Waals surface area contributed by atoms with Crippen LogP contribution in [0.1, 0.15) is 0 Å². The number of hydrogen-bond donors (Lipinski definition) is 0. The van der Waals surface area contributed by atoms with Gasteiger partial charge in [-0.05, 0) is 347 Å². The van der Waals surface area contributed by atoms with Gasteiger partial charge in [0.25, 0.3) is 0 Å². The molecule has 0 radical (unpaired) electrons. The molecule has 52 heteroatoms. The summed E-state index contributed by atoms with van der Waals surface area (Å²) >= 11 is 0. The van der Waals surface area contributed by atoms with Gasteiger partial charge in [-0.3, -0.25) is 9.15 Å². The van der Waals surface area contributed by atoms with Crippen molar-refractivity contribution in [3.63, 3.8) is 0 Å². The van der Waals surface area contributed by atoms with E-state index in [1.807, 2.05) is 65.5 Å². The van der Waals surface area contributed by atoms with Crippen LogP contribution >= 0.6 is 0 Å². The van der Waals surface area contributed by atoms with E-state index in [-0.39, 0.29) is 0 Å². The summed E-state index contributed by atoms with van der Waals surface area (Å²) in [5.41, 5.74) is 0. The first-order valence-corrected chi connectivity index (χ1v) is 111. The van der Waals surface area contributed by atoms with Crippen molar-refractivity contribution in [2.45, 2.75) is 347 Å². The molecule has 0 atom stereocenters. The van der Waals surface area contributed by atoms with E-state index in [9.17, 15) is 0 Å². The Balaban J connectivity index is 5.91. The second-order valence-electron chi connectivity index (χ2n) is 39.4. The third kappa shape index (κ3) is 51.6. The van der Waals surface area contributed by atoms with Gasteiger partial charge in [-0.25, -0.2) is 0 Å². The third-order valence-corrected chi connectivity index (χ3v) is 108. The number of rotatable bonds is 51. The lowest BCUT2D eigenvalue weighted by Crippen LogP contribution is -2.63. The molecule has 26 nitrogen and oxygen atoms in total. The topological polar surface area (TPSA) is 240 Å². The van der Waals surface area contributed by atoms with Crippen molar-refractivity contribution < 1.29 is 108 Å². The monoisotopic (exact) mass is 1940 g/mol. The fourth-order valence-corrected chi connectivity index (χ4v) is 143. The lowest BCUT2D eigenvalue weighted by Gasteiger charge is -2.45. The van der Waals surface area contributed by atoms with Crippen molar-refractivity contribution >= 4 is 223 Å². The zero-order chi connectivity index (χ0) is 84.5. The highest BCUT2D eigenvalue weighted by molar-refractivity contribution is 6.97. The maximum atomic E-state index is 7.00. The van der Waals surface area contributed by atoms with Gasteiger partial charge in [0.1, 0.15) is 0 Å². The summed E-state index contributed by atoms with van der Waals surface area (Å²) in [4.78, 5) is 0.